The summed E-state index contributed by atoms with van der Waals surface area (Å²) in [5.41, 5.74) is 0. The maximum atomic E-state index is 11.0. The molecule has 2 rings (SSSR count). The highest BCUT2D eigenvalue weighted by Gasteiger charge is 2.43. The molecule has 1 saturated carbocycles. The molecule has 4 atom stereocenters. The molecule has 2 aliphatic rings. The number of hydrogen-bond donors (Lipinski definition) is 0. The van der Waals surface area contributed by atoms with Crippen molar-refractivity contribution in [2.75, 3.05) is 7.11 Å². The summed E-state index contributed by atoms with van der Waals surface area (Å²) in [4.78, 5) is 21.9. The van der Waals surface area contributed by atoms with Crippen molar-refractivity contribution in [1.29, 1.82) is 0 Å². The molecule has 0 aromatic carbocycles. The Hall–Kier alpha value is -0.900. The Kier molecular flexibility index (Phi) is 4.75. The Morgan fingerprint density at radius 3 is 2.94 bits per heavy atom. The molecule has 0 aromatic rings. The van der Waals surface area contributed by atoms with Gasteiger partial charge in [0.05, 0.1) is 19.3 Å². The van der Waals surface area contributed by atoms with Crippen molar-refractivity contribution in [3.8, 4) is 0 Å². The highest BCUT2D eigenvalue weighted by Crippen LogP contribution is 2.43. The normalized spacial score (nSPS) is 34.3. The third-order valence-electron chi connectivity index (χ3n) is 4.27. The molecule has 2 fully saturated rings. The molecule has 0 aromatic heterocycles. The van der Waals surface area contributed by atoms with Gasteiger partial charge in [0.1, 0.15) is 6.29 Å². The summed E-state index contributed by atoms with van der Waals surface area (Å²) in [6, 6.07) is 0. The van der Waals surface area contributed by atoms with Gasteiger partial charge in [0.15, 0.2) is 0 Å². The minimum absolute atomic E-state index is 0.139. The molecule has 0 bridgehead atoms. The van der Waals surface area contributed by atoms with E-state index in [1.165, 1.54) is 7.11 Å². The predicted molar refractivity (Wildman–Crippen MR) is 66.0 cm³/mol. The number of methoxy groups -OCH3 is 1. The summed E-state index contributed by atoms with van der Waals surface area (Å²) in [5, 5.41) is 0. The van der Waals surface area contributed by atoms with E-state index in [0.29, 0.717) is 24.5 Å². The molecule has 18 heavy (non-hydrogen) atoms. The molecule has 102 valence electrons. The largest absolute Gasteiger partial charge is 0.469 e. The van der Waals surface area contributed by atoms with Crippen LogP contribution in [0, 0.1) is 11.8 Å². The Morgan fingerprint density at radius 2 is 2.22 bits per heavy atom. The van der Waals surface area contributed by atoms with Crippen molar-refractivity contribution in [2.45, 2.75) is 57.2 Å². The number of carbonyl (C=O) groups is 2. The van der Waals surface area contributed by atoms with Crippen LogP contribution in [-0.2, 0) is 19.1 Å². The van der Waals surface area contributed by atoms with Crippen molar-refractivity contribution >= 4 is 12.3 Å². The number of esters is 1. The first kappa shape index (κ1) is 13.5. The van der Waals surface area contributed by atoms with Gasteiger partial charge in [-0.15, -0.1) is 0 Å². The van der Waals surface area contributed by atoms with Crippen LogP contribution in [0.1, 0.15) is 44.9 Å². The van der Waals surface area contributed by atoms with Gasteiger partial charge in [0.2, 0.25) is 0 Å². The zero-order chi connectivity index (χ0) is 13.0. The smallest absolute Gasteiger partial charge is 0.305 e. The van der Waals surface area contributed by atoms with Gasteiger partial charge in [-0.2, -0.15) is 0 Å². The first-order valence-corrected chi connectivity index (χ1v) is 6.92. The summed E-state index contributed by atoms with van der Waals surface area (Å²) in [6.07, 6.45) is 8.10. The van der Waals surface area contributed by atoms with Gasteiger partial charge in [0, 0.05) is 12.3 Å². The molecule has 0 radical (unpaired) electrons. The molecule has 1 heterocycles. The van der Waals surface area contributed by atoms with Crippen LogP contribution in [-0.4, -0.2) is 31.6 Å². The third kappa shape index (κ3) is 3.10. The average Bonchev–Trinajstić information content (AvgIpc) is 2.93. The van der Waals surface area contributed by atoms with E-state index in [1.807, 2.05) is 0 Å². The fraction of sp³-hybridized carbons (Fsp3) is 0.857. The van der Waals surface area contributed by atoms with Gasteiger partial charge >= 0.3 is 5.97 Å². The van der Waals surface area contributed by atoms with Crippen LogP contribution < -0.4 is 0 Å². The van der Waals surface area contributed by atoms with Crippen LogP contribution in [0.25, 0.3) is 0 Å². The van der Waals surface area contributed by atoms with E-state index in [1.54, 1.807) is 0 Å². The van der Waals surface area contributed by atoms with Crippen LogP contribution in [0.2, 0.25) is 0 Å². The Labute approximate surface area is 108 Å². The monoisotopic (exact) mass is 254 g/mol. The summed E-state index contributed by atoms with van der Waals surface area (Å²) in [5.74, 6) is 0.531. The lowest BCUT2D eigenvalue weighted by Crippen LogP contribution is -2.14. The summed E-state index contributed by atoms with van der Waals surface area (Å²) < 4.78 is 10.6. The fourth-order valence-corrected chi connectivity index (χ4v) is 3.26. The molecular weight excluding hydrogens is 232 g/mol. The molecule has 4 nitrogen and oxygen atoms in total. The van der Waals surface area contributed by atoms with E-state index < -0.39 is 0 Å². The van der Waals surface area contributed by atoms with Gasteiger partial charge < -0.3 is 14.3 Å². The second-order valence-corrected chi connectivity index (χ2v) is 5.40. The van der Waals surface area contributed by atoms with Crippen LogP contribution in [0.3, 0.4) is 0 Å². The molecular formula is C14H22O4. The quantitative estimate of drug-likeness (QED) is 0.414. The molecule has 0 N–H and O–H groups in total. The Balaban J connectivity index is 1.64. The lowest BCUT2D eigenvalue weighted by Gasteiger charge is -2.12. The number of ether oxygens (including phenoxy) is 2. The number of fused-ring (bicyclic) bond motifs is 1. The van der Waals surface area contributed by atoms with Crippen molar-refractivity contribution in [1.82, 2.24) is 0 Å². The minimum Gasteiger partial charge on any atom is -0.469 e. The molecule has 1 aliphatic heterocycles. The van der Waals surface area contributed by atoms with E-state index in [2.05, 4.69) is 4.74 Å². The van der Waals surface area contributed by atoms with E-state index in [-0.39, 0.29) is 11.9 Å². The second-order valence-electron chi connectivity index (χ2n) is 5.40. The van der Waals surface area contributed by atoms with E-state index in [0.717, 1.165) is 44.8 Å². The average molecular weight is 254 g/mol. The topological polar surface area (TPSA) is 52.6 Å². The van der Waals surface area contributed by atoms with E-state index >= 15 is 0 Å². The fourth-order valence-electron chi connectivity index (χ4n) is 3.26. The lowest BCUT2D eigenvalue weighted by atomic mass is 9.91. The van der Waals surface area contributed by atoms with Gasteiger partial charge in [-0.3, -0.25) is 4.79 Å². The molecule has 4 heteroatoms. The molecule has 1 saturated heterocycles. The molecule has 1 aliphatic carbocycles. The minimum atomic E-state index is -0.139. The number of hydrogen-bond acceptors (Lipinski definition) is 4. The molecule has 4 unspecified atom stereocenters. The maximum Gasteiger partial charge on any atom is 0.305 e. The maximum absolute atomic E-state index is 11.0. The van der Waals surface area contributed by atoms with Gasteiger partial charge in [-0.1, -0.05) is 6.42 Å². The standard InChI is InChI=1S/C14H22O4/c1-17-14(16)5-3-2-4-11-8-12-10(9-15)6-7-13(12)18-11/h9-13H,2-8H2,1H3. The van der Waals surface area contributed by atoms with E-state index in [4.69, 9.17) is 4.74 Å². The second kappa shape index (κ2) is 6.32. The number of aldehydes is 1. The molecule has 0 amide bonds. The summed E-state index contributed by atoms with van der Waals surface area (Å²) in [7, 11) is 1.42. The zero-order valence-electron chi connectivity index (χ0n) is 11.0. The summed E-state index contributed by atoms with van der Waals surface area (Å²) >= 11 is 0. The van der Waals surface area contributed by atoms with Crippen LogP contribution in [0.4, 0.5) is 0 Å². The van der Waals surface area contributed by atoms with Gasteiger partial charge in [-0.05, 0) is 38.0 Å². The van der Waals surface area contributed by atoms with Crippen molar-refractivity contribution in [3.05, 3.63) is 0 Å². The summed E-state index contributed by atoms with van der Waals surface area (Å²) in [6.45, 7) is 0. The van der Waals surface area contributed by atoms with Crippen LogP contribution in [0.15, 0.2) is 0 Å². The van der Waals surface area contributed by atoms with Crippen LogP contribution >= 0.6 is 0 Å². The molecule has 0 spiro atoms. The Morgan fingerprint density at radius 1 is 1.39 bits per heavy atom. The number of carbonyl (C=O) groups excluding carboxylic acids is 2. The van der Waals surface area contributed by atoms with Crippen molar-refractivity contribution < 1.29 is 19.1 Å². The van der Waals surface area contributed by atoms with Crippen molar-refractivity contribution in [3.63, 3.8) is 0 Å². The highest BCUT2D eigenvalue weighted by molar-refractivity contribution is 5.68. The lowest BCUT2D eigenvalue weighted by molar-refractivity contribution is -0.140. The third-order valence-corrected chi connectivity index (χ3v) is 4.27. The number of rotatable bonds is 6. The van der Waals surface area contributed by atoms with E-state index in [9.17, 15) is 9.59 Å². The SMILES string of the molecule is COC(=O)CCCCC1CC2C(C=O)CCC2O1. The van der Waals surface area contributed by atoms with Crippen LogP contribution in [0.5, 0.6) is 0 Å². The first-order chi connectivity index (χ1) is 8.74. The first-order valence-electron chi connectivity index (χ1n) is 6.92. The van der Waals surface area contributed by atoms with Crippen molar-refractivity contribution in [2.24, 2.45) is 11.8 Å². The predicted octanol–water partition coefficient (Wildman–Crippen LogP) is 2.10. The van der Waals surface area contributed by atoms with Gasteiger partial charge in [-0.25, -0.2) is 0 Å². The van der Waals surface area contributed by atoms with Gasteiger partial charge in [0.25, 0.3) is 0 Å². The Bertz CT molecular complexity index is 302. The number of unbranched alkanes of at least 4 members (excludes halogenated alkanes) is 1. The highest BCUT2D eigenvalue weighted by atomic mass is 16.5. The zero-order valence-corrected chi connectivity index (χ0v) is 11.0.